The minimum Gasteiger partial charge on any atom is -0.356 e. The van der Waals surface area contributed by atoms with Crippen LogP contribution in [0, 0.1) is 18.3 Å². The van der Waals surface area contributed by atoms with E-state index in [1.54, 1.807) is 0 Å². The number of rotatable bonds is 5. The third-order valence-corrected chi connectivity index (χ3v) is 4.23. The fourth-order valence-electron chi connectivity index (χ4n) is 2.29. The van der Waals surface area contributed by atoms with E-state index in [4.69, 9.17) is 5.26 Å². The molecule has 0 aliphatic heterocycles. The SMILES string of the molecule is Cc1nn(-c2ccccc2)c(N(C)C(C)CC#N)c1CBr. The van der Waals surface area contributed by atoms with Gasteiger partial charge in [-0.05, 0) is 26.0 Å². The standard InChI is InChI=1S/C16H19BrN4/c1-12(9-10-18)20(3)16-15(11-17)13(2)19-21(16)14-7-5-4-6-8-14/h4-8,12H,9,11H2,1-3H3. The van der Waals surface area contributed by atoms with Crippen LogP contribution in [0.25, 0.3) is 5.69 Å². The Labute approximate surface area is 134 Å². The van der Waals surface area contributed by atoms with Crippen molar-refractivity contribution in [3.8, 4) is 11.8 Å². The maximum absolute atomic E-state index is 8.94. The zero-order chi connectivity index (χ0) is 15.4. The molecular weight excluding hydrogens is 328 g/mol. The molecule has 1 aromatic carbocycles. The van der Waals surface area contributed by atoms with Gasteiger partial charge < -0.3 is 4.90 Å². The van der Waals surface area contributed by atoms with E-state index >= 15 is 0 Å². The lowest BCUT2D eigenvalue weighted by Crippen LogP contribution is -2.31. The predicted octanol–water partition coefficient (Wildman–Crippen LogP) is 3.81. The molecule has 5 heteroatoms. The molecule has 0 fully saturated rings. The molecule has 0 aliphatic carbocycles. The summed E-state index contributed by atoms with van der Waals surface area (Å²) in [5.74, 6) is 1.04. The van der Waals surface area contributed by atoms with Crippen molar-refractivity contribution in [2.24, 2.45) is 0 Å². The first kappa shape index (κ1) is 15.6. The van der Waals surface area contributed by atoms with Gasteiger partial charge >= 0.3 is 0 Å². The highest BCUT2D eigenvalue weighted by Gasteiger charge is 2.22. The van der Waals surface area contributed by atoms with Gasteiger partial charge in [0.2, 0.25) is 0 Å². The lowest BCUT2D eigenvalue weighted by atomic mass is 10.2. The molecule has 4 nitrogen and oxygen atoms in total. The molecule has 1 heterocycles. The molecule has 0 amide bonds. The van der Waals surface area contributed by atoms with E-state index in [0.29, 0.717) is 6.42 Å². The van der Waals surface area contributed by atoms with Gasteiger partial charge in [-0.1, -0.05) is 34.1 Å². The van der Waals surface area contributed by atoms with Gasteiger partial charge in [0, 0.05) is 24.0 Å². The van der Waals surface area contributed by atoms with Crippen molar-refractivity contribution in [2.45, 2.75) is 31.6 Å². The van der Waals surface area contributed by atoms with E-state index in [2.05, 4.69) is 38.9 Å². The lowest BCUT2D eigenvalue weighted by Gasteiger charge is -2.27. The lowest BCUT2D eigenvalue weighted by molar-refractivity contribution is 0.675. The number of benzene rings is 1. The molecule has 0 radical (unpaired) electrons. The quantitative estimate of drug-likeness (QED) is 0.773. The number of alkyl halides is 1. The number of hydrogen-bond donors (Lipinski definition) is 0. The van der Waals surface area contributed by atoms with Crippen molar-refractivity contribution in [1.29, 1.82) is 5.26 Å². The van der Waals surface area contributed by atoms with Gasteiger partial charge in [-0.25, -0.2) is 4.68 Å². The number of nitriles is 1. The maximum Gasteiger partial charge on any atom is 0.136 e. The number of anilines is 1. The van der Waals surface area contributed by atoms with Crippen LogP contribution in [0.4, 0.5) is 5.82 Å². The molecule has 0 aliphatic rings. The molecule has 0 saturated heterocycles. The first-order valence-electron chi connectivity index (χ1n) is 6.89. The summed E-state index contributed by atoms with van der Waals surface area (Å²) in [7, 11) is 2.02. The molecule has 2 rings (SSSR count). The number of hydrogen-bond acceptors (Lipinski definition) is 3. The highest BCUT2D eigenvalue weighted by Crippen LogP contribution is 2.30. The summed E-state index contributed by atoms with van der Waals surface area (Å²) in [4.78, 5) is 2.13. The molecular formula is C16H19BrN4. The van der Waals surface area contributed by atoms with Gasteiger partial charge in [0.1, 0.15) is 5.82 Å². The second-order valence-corrected chi connectivity index (χ2v) is 5.65. The smallest absolute Gasteiger partial charge is 0.136 e. The predicted molar refractivity (Wildman–Crippen MR) is 89.0 cm³/mol. The van der Waals surface area contributed by atoms with Crippen LogP contribution in [0.15, 0.2) is 30.3 Å². The van der Waals surface area contributed by atoms with E-state index in [1.165, 1.54) is 0 Å². The zero-order valence-electron chi connectivity index (χ0n) is 12.5. The summed E-state index contributed by atoms with van der Waals surface area (Å²) in [6, 6.07) is 12.4. The van der Waals surface area contributed by atoms with Crippen LogP contribution < -0.4 is 4.90 Å². The van der Waals surface area contributed by atoms with E-state index in [0.717, 1.165) is 28.1 Å². The number of aromatic nitrogens is 2. The van der Waals surface area contributed by atoms with Gasteiger partial charge in [0.25, 0.3) is 0 Å². The van der Waals surface area contributed by atoms with Crippen LogP contribution in [0.2, 0.25) is 0 Å². The molecule has 2 aromatic rings. The van der Waals surface area contributed by atoms with Gasteiger partial charge in [-0.2, -0.15) is 10.4 Å². The largest absolute Gasteiger partial charge is 0.356 e. The Hall–Kier alpha value is -1.80. The molecule has 1 aromatic heterocycles. The van der Waals surface area contributed by atoms with Gasteiger partial charge in [0.05, 0.1) is 23.9 Å². The Morgan fingerprint density at radius 1 is 1.38 bits per heavy atom. The van der Waals surface area contributed by atoms with Crippen LogP contribution in [-0.2, 0) is 5.33 Å². The first-order valence-corrected chi connectivity index (χ1v) is 8.02. The van der Waals surface area contributed by atoms with Gasteiger partial charge in [0.15, 0.2) is 0 Å². The Kier molecular flexibility index (Phi) is 5.03. The second kappa shape index (κ2) is 6.77. The third kappa shape index (κ3) is 3.11. The first-order chi connectivity index (χ1) is 10.1. The van der Waals surface area contributed by atoms with E-state index < -0.39 is 0 Å². The molecule has 0 bridgehead atoms. The molecule has 1 atom stereocenters. The monoisotopic (exact) mass is 346 g/mol. The number of para-hydroxylation sites is 1. The molecule has 1 unspecified atom stereocenters. The minimum absolute atomic E-state index is 0.131. The fraction of sp³-hybridized carbons (Fsp3) is 0.375. The van der Waals surface area contributed by atoms with Gasteiger partial charge in [-0.15, -0.1) is 0 Å². The summed E-state index contributed by atoms with van der Waals surface area (Å²) in [6.07, 6.45) is 0.483. The van der Waals surface area contributed by atoms with Crippen LogP contribution in [-0.4, -0.2) is 22.9 Å². The molecule has 110 valence electrons. The Morgan fingerprint density at radius 2 is 2.05 bits per heavy atom. The second-order valence-electron chi connectivity index (χ2n) is 5.09. The normalized spacial score (nSPS) is 12.0. The molecule has 21 heavy (non-hydrogen) atoms. The number of aryl methyl sites for hydroxylation is 1. The Bertz CT molecular complexity index is 642. The molecule has 0 spiro atoms. The average molecular weight is 347 g/mol. The number of nitrogens with zero attached hydrogens (tertiary/aromatic N) is 4. The topological polar surface area (TPSA) is 44.9 Å². The summed E-state index contributed by atoms with van der Waals surface area (Å²) < 4.78 is 1.96. The van der Waals surface area contributed by atoms with Crippen molar-refractivity contribution in [3.05, 3.63) is 41.6 Å². The summed E-state index contributed by atoms with van der Waals surface area (Å²) in [5.41, 5.74) is 3.19. The van der Waals surface area contributed by atoms with Crippen LogP contribution in [0.3, 0.4) is 0 Å². The Balaban J connectivity index is 2.55. The molecule has 0 N–H and O–H groups in total. The van der Waals surface area contributed by atoms with Crippen LogP contribution >= 0.6 is 15.9 Å². The highest BCUT2D eigenvalue weighted by atomic mass is 79.9. The average Bonchev–Trinajstić information content (AvgIpc) is 2.84. The summed E-state index contributed by atoms with van der Waals surface area (Å²) in [5, 5.41) is 14.4. The Morgan fingerprint density at radius 3 is 2.62 bits per heavy atom. The summed E-state index contributed by atoms with van der Waals surface area (Å²) in [6.45, 7) is 4.07. The third-order valence-electron chi connectivity index (χ3n) is 3.67. The van der Waals surface area contributed by atoms with Crippen molar-refractivity contribution in [2.75, 3.05) is 11.9 Å². The van der Waals surface area contributed by atoms with Crippen molar-refractivity contribution < 1.29 is 0 Å². The molecule has 0 saturated carbocycles. The van der Waals surface area contributed by atoms with Crippen LogP contribution in [0.1, 0.15) is 24.6 Å². The van der Waals surface area contributed by atoms with E-state index in [-0.39, 0.29) is 6.04 Å². The van der Waals surface area contributed by atoms with E-state index in [1.807, 2.05) is 49.0 Å². The van der Waals surface area contributed by atoms with Crippen molar-refractivity contribution >= 4 is 21.7 Å². The number of halogens is 1. The van der Waals surface area contributed by atoms with Gasteiger partial charge in [-0.3, -0.25) is 0 Å². The van der Waals surface area contributed by atoms with Crippen LogP contribution in [0.5, 0.6) is 0 Å². The minimum atomic E-state index is 0.131. The van der Waals surface area contributed by atoms with E-state index in [9.17, 15) is 0 Å². The maximum atomic E-state index is 8.94. The summed E-state index contributed by atoms with van der Waals surface area (Å²) >= 11 is 3.56. The fourth-order valence-corrected chi connectivity index (χ4v) is 2.95. The van der Waals surface area contributed by atoms with Crippen molar-refractivity contribution in [1.82, 2.24) is 9.78 Å². The highest BCUT2D eigenvalue weighted by molar-refractivity contribution is 9.08. The zero-order valence-corrected chi connectivity index (χ0v) is 14.1. The van der Waals surface area contributed by atoms with Crippen molar-refractivity contribution in [3.63, 3.8) is 0 Å².